The molecule has 0 saturated carbocycles. The number of benzene rings is 2. The summed E-state index contributed by atoms with van der Waals surface area (Å²) in [5.74, 6) is -10.5. The molecular formula is C19H16F5N3O2S. The Bertz CT molecular complexity index is 1200. The van der Waals surface area contributed by atoms with Gasteiger partial charge in [-0.1, -0.05) is 17.7 Å². The van der Waals surface area contributed by atoms with E-state index >= 15 is 0 Å². The van der Waals surface area contributed by atoms with Crippen LogP contribution in [0.3, 0.4) is 0 Å². The minimum absolute atomic E-state index is 0.0578. The van der Waals surface area contributed by atoms with E-state index in [-0.39, 0.29) is 10.7 Å². The summed E-state index contributed by atoms with van der Waals surface area (Å²) in [7, 11) is -4.03. The quantitative estimate of drug-likeness (QED) is 0.361. The van der Waals surface area contributed by atoms with E-state index in [2.05, 4.69) is 9.82 Å². The van der Waals surface area contributed by atoms with Crippen LogP contribution in [0.1, 0.15) is 22.3 Å². The highest BCUT2D eigenvalue weighted by Crippen LogP contribution is 2.25. The van der Waals surface area contributed by atoms with Gasteiger partial charge in [-0.15, -0.1) is 0 Å². The minimum atomic E-state index is -4.03. The molecule has 0 aliphatic carbocycles. The number of sulfonamides is 1. The second kappa shape index (κ2) is 7.71. The molecule has 0 bridgehead atoms. The second-order valence-corrected chi connectivity index (χ2v) is 8.40. The van der Waals surface area contributed by atoms with Gasteiger partial charge in [0.25, 0.3) is 10.0 Å². The molecule has 0 radical (unpaired) electrons. The maximum absolute atomic E-state index is 13.8. The van der Waals surface area contributed by atoms with Crippen molar-refractivity contribution in [2.45, 2.75) is 32.2 Å². The van der Waals surface area contributed by atoms with Crippen molar-refractivity contribution in [2.75, 3.05) is 4.72 Å². The van der Waals surface area contributed by atoms with Gasteiger partial charge in [0.15, 0.2) is 29.1 Å². The Morgan fingerprint density at radius 3 is 1.93 bits per heavy atom. The van der Waals surface area contributed by atoms with Gasteiger partial charge in [-0.3, -0.25) is 9.40 Å². The molecule has 1 N–H and O–H groups in total. The summed E-state index contributed by atoms with van der Waals surface area (Å²) < 4.78 is 96.1. The highest BCUT2D eigenvalue weighted by Gasteiger charge is 2.26. The van der Waals surface area contributed by atoms with E-state index in [4.69, 9.17) is 0 Å². The van der Waals surface area contributed by atoms with Crippen molar-refractivity contribution >= 4 is 15.8 Å². The predicted octanol–water partition coefficient (Wildman–Crippen LogP) is 4.35. The van der Waals surface area contributed by atoms with Crippen LogP contribution in [-0.4, -0.2) is 18.2 Å². The number of anilines is 1. The third-order valence-electron chi connectivity index (χ3n) is 4.37. The van der Waals surface area contributed by atoms with Crippen LogP contribution in [0, 0.1) is 49.9 Å². The third-order valence-corrected chi connectivity index (χ3v) is 6.03. The van der Waals surface area contributed by atoms with Gasteiger partial charge in [0.1, 0.15) is 0 Å². The first-order chi connectivity index (χ1) is 13.9. The molecule has 11 heteroatoms. The fourth-order valence-electron chi connectivity index (χ4n) is 3.23. The molecule has 0 atom stereocenters. The number of aryl methyl sites for hydroxylation is 3. The third kappa shape index (κ3) is 3.89. The van der Waals surface area contributed by atoms with Crippen molar-refractivity contribution in [3.05, 3.63) is 75.7 Å². The zero-order valence-electron chi connectivity index (χ0n) is 16.0. The summed E-state index contributed by atoms with van der Waals surface area (Å²) >= 11 is 0. The summed E-state index contributed by atoms with van der Waals surface area (Å²) in [4.78, 5) is 0.0578. The molecule has 0 saturated heterocycles. The molecule has 0 spiro atoms. The molecule has 3 aromatic rings. The second-order valence-electron chi connectivity index (χ2n) is 6.78. The first kappa shape index (κ1) is 21.8. The van der Waals surface area contributed by atoms with Gasteiger partial charge in [-0.2, -0.15) is 5.10 Å². The molecule has 3 rings (SSSR count). The van der Waals surface area contributed by atoms with Crippen LogP contribution < -0.4 is 4.72 Å². The van der Waals surface area contributed by atoms with Crippen molar-refractivity contribution in [3.8, 4) is 0 Å². The minimum Gasteiger partial charge on any atom is -0.266 e. The van der Waals surface area contributed by atoms with E-state index in [0.717, 1.165) is 16.4 Å². The normalized spacial score (nSPS) is 11.7. The van der Waals surface area contributed by atoms with E-state index in [1.54, 1.807) is 26.0 Å². The first-order valence-corrected chi connectivity index (χ1v) is 10.0. The zero-order chi connectivity index (χ0) is 22.4. The largest absolute Gasteiger partial charge is 0.266 e. The lowest BCUT2D eigenvalue weighted by Gasteiger charge is -2.12. The lowest BCUT2D eigenvalue weighted by atomic mass is 10.1. The molecule has 30 heavy (non-hydrogen) atoms. The average molecular weight is 445 g/mol. The Hall–Kier alpha value is -2.95. The zero-order valence-corrected chi connectivity index (χ0v) is 16.8. The molecule has 0 aliphatic rings. The van der Waals surface area contributed by atoms with Crippen molar-refractivity contribution in [1.82, 2.24) is 9.78 Å². The van der Waals surface area contributed by atoms with Crippen LogP contribution in [0.4, 0.5) is 27.8 Å². The Kier molecular flexibility index (Phi) is 5.59. The SMILES string of the molecule is Cc1cc(C)c(S(=O)(=O)Nc2ccn(Cc3c(F)c(F)c(F)c(F)c3F)n2)c(C)c1. The molecule has 5 nitrogen and oxygen atoms in total. The molecule has 1 aromatic heterocycles. The number of hydrogen-bond acceptors (Lipinski definition) is 3. The molecule has 2 aromatic carbocycles. The number of hydrogen-bond donors (Lipinski definition) is 1. The van der Waals surface area contributed by atoms with Crippen molar-refractivity contribution in [1.29, 1.82) is 0 Å². The number of aromatic nitrogens is 2. The Morgan fingerprint density at radius 2 is 1.40 bits per heavy atom. The van der Waals surface area contributed by atoms with Gasteiger partial charge in [-0.25, -0.2) is 30.4 Å². The van der Waals surface area contributed by atoms with Crippen LogP contribution >= 0.6 is 0 Å². The molecule has 0 fully saturated rings. The van der Waals surface area contributed by atoms with Gasteiger partial charge >= 0.3 is 0 Å². The Morgan fingerprint density at radius 1 is 0.900 bits per heavy atom. The summed E-state index contributed by atoms with van der Waals surface area (Å²) in [6, 6.07) is 4.59. The molecule has 160 valence electrons. The molecule has 1 heterocycles. The summed E-state index contributed by atoms with van der Waals surface area (Å²) in [6.45, 7) is 4.30. The van der Waals surface area contributed by atoms with Crippen LogP contribution in [0.5, 0.6) is 0 Å². The van der Waals surface area contributed by atoms with Crippen molar-refractivity contribution < 1.29 is 30.4 Å². The Labute approximate surface area is 169 Å². The van der Waals surface area contributed by atoms with Gasteiger partial charge in [0.05, 0.1) is 17.0 Å². The lowest BCUT2D eigenvalue weighted by molar-refractivity contribution is 0.367. The number of nitrogens with zero attached hydrogens (tertiary/aromatic N) is 2. The van der Waals surface area contributed by atoms with Gasteiger partial charge in [-0.05, 0) is 31.9 Å². The van der Waals surface area contributed by atoms with Crippen LogP contribution in [0.15, 0.2) is 29.3 Å². The molecular weight excluding hydrogens is 429 g/mol. The monoisotopic (exact) mass is 445 g/mol. The highest BCUT2D eigenvalue weighted by molar-refractivity contribution is 7.92. The maximum Gasteiger partial charge on any atom is 0.263 e. The first-order valence-electron chi connectivity index (χ1n) is 8.56. The highest BCUT2D eigenvalue weighted by atomic mass is 32.2. The van der Waals surface area contributed by atoms with Crippen LogP contribution in [0.25, 0.3) is 0 Å². The molecule has 0 unspecified atom stereocenters. The van der Waals surface area contributed by atoms with Crippen LogP contribution in [0.2, 0.25) is 0 Å². The number of halogens is 5. The van der Waals surface area contributed by atoms with Crippen molar-refractivity contribution in [3.63, 3.8) is 0 Å². The van der Waals surface area contributed by atoms with E-state index in [9.17, 15) is 30.4 Å². The number of rotatable bonds is 5. The van der Waals surface area contributed by atoms with Gasteiger partial charge in [0.2, 0.25) is 5.82 Å². The smallest absolute Gasteiger partial charge is 0.263 e. The van der Waals surface area contributed by atoms with Crippen LogP contribution in [-0.2, 0) is 16.6 Å². The number of nitrogens with one attached hydrogen (secondary N) is 1. The van der Waals surface area contributed by atoms with E-state index in [1.165, 1.54) is 6.07 Å². The van der Waals surface area contributed by atoms with Gasteiger partial charge in [0, 0.05) is 12.3 Å². The van der Waals surface area contributed by atoms with E-state index < -0.39 is 51.2 Å². The predicted molar refractivity (Wildman–Crippen MR) is 99.0 cm³/mol. The summed E-state index contributed by atoms with van der Waals surface area (Å²) in [6.07, 6.45) is 1.14. The lowest BCUT2D eigenvalue weighted by Crippen LogP contribution is -2.17. The fraction of sp³-hybridized carbons (Fsp3) is 0.211. The van der Waals surface area contributed by atoms with E-state index in [0.29, 0.717) is 11.1 Å². The topological polar surface area (TPSA) is 64.0 Å². The average Bonchev–Trinajstić information content (AvgIpc) is 3.07. The van der Waals surface area contributed by atoms with Crippen molar-refractivity contribution in [2.24, 2.45) is 0 Å². The molecule has 0 aliphatic heterocycles. The molecule has 0 amide bonds. The summed E-state index contributed by atoms with van der Waals surface area (Å²) in [5, 5.41) is 3.81. The van der Waals surface area contributed by atoms with Gasteiger partial charge < -0.3 is 0 Å². The Balaban J connectivity index is 1.90. The maximum atomic E-state index is 13.8. The summed E-state index contributed by atoms with van der Waals surface area (Å²) in [5.41, 5.74) is 0.826. The standard InChI is InChI=1S/C19H16F5N3O2S/c1-9-6-10(2)19(11(3)7-9)30(28,29)26-13-4-5-27(25-13)8-12-14(20)16(22)18(24)17(23)15(12)21/h4-7H,8H2,1-3H3,(H,25,26). The fourth-order valence-corrected chi connectivity index (χ4v) is 4.69. The van der Waals surface area contributed by atoms with E-state index in [1.807, 2.05) is 6.92 Å².